The summed E-state index contributed by atoms with van der Waals surface area (Å²) in [5.41, 5.74) is 1.86. The lowest BCUT2D eigenvalue weighted by atomic mass is 10.3. The van der Waals surface area contributed by atoms with Crippen LogP contribution in [0.5, 0.6) is 0 Å². The smallest absolute Gasteiger partial charge is 0.125 e. The van der Waals surface area contributed by atoms with E-state index in [0.717, 1.165) is 23.4 Å². The van der Waals surface area contributed by atoms with Crippen LogP contribution in [0.25, 0.3) is 11.0 Å². The molecule has 2 aliphatic rings. The molecule has 1 heterocycles. The van der Waals surface area contributed by atoms with E-state index in [1.165, 1.54) is 31.7 Å². The molecule has 2 aliphatic carbocycles. The third-order valence-electron chi connectivity index (χ3n) is 3.76. The van der Waals surface area contributed by atoms with Crippen molar-refractivity contribution >= 4 is 11.0 Å². The Balaban J connectivity index is 1.76. The van der Waals surface area contributed by atoms with Gasteiger partial charge in [0.1, 0.15) is 11.6 Å². The van der Waals surface area contributed by atoms with Gasteiger partial charge in [-0.2, -0.15) is 0 Å². The van der Waals surface area contributed by atoms with Crippen LogP contribution in [0, 0.1) is 5.82 Å². The molecule has 1 N–H and O–H groups in total. The predicted octanol–water partition coefficient (Wildman–Crippen LogP) is 2.76. The number of nitrogens with one attached hydrogen (secondary N) is 1. The summed E-state index contributed by atoms with van der Waals surface area (Å²) in [5, 5.41) is 3.49. The third-order valence-corrected chi connectivity index (χ3v) is 3.76. The van der Waals surface area contributed by atoms with E-state index >= 15 is 0 Å². The molecule has 0 radical (unpaired) electrons. The number of imidazole rings is 1. The molecule has 0 atom stereocenters. The lowest BCUT2D eigenvalue weighted by Crippen LogP contribution is -2.18. The van der Waals surface area contributed by atoms with Crippen LogP contribution in [-0.4, -0.2) is 15.6 Å². The molecule has 1 aromatic heterocycles. The van der Waals surface area contributed by atoms with Gasteiger partial charge in [0.2, 0.25) is 0 Å². The predicted molar refractivity (Wildman–Crippen MR) is 67.8 cm³/mol. The SMILES string of the molecule is Fc1ccc2nc(CNC3CC3)n(C3CC3)c2c1. The average Bonchev–Trinajstić information content (AvgIpc) is 3.25. The Kier molecular flexibility index (Phi) is 2.21. The maximum atomic E-state index is 13.4. The maximum absolute atomic E-state index is 13.4. The number of benzene rings is 1. The molecule has 94 valence electrons. The Morgan fingerprint density at radius 1 is 1.28 bits per heavy atom. The highest BCUT2D eigenvalue weighted by atomic mass is 19.1. The molecule has 3 nitrogen and oxygen atoms in total. The second-order valence-corrected chi connectivity index (χ2v) is 5.42. The standard InChI is InChI=1S/C14H16FN3/c15-9-1-6-12-13(7-9)18(11-4-5-11)14(17-12)8-16-10-2-3-10/h1,6-7,10-11,16H,2-5,8H2. The Bertz CT molecular complexity index is 596. The van der Waals surface area contributed by atoms with Gasteiger partial charge in [0.05, 0.1) is 17.6 Å². The van der Waals surface area contributed by atoms with Crippen LogP contribution in [0.1, 0.15) is 37.5 Å². The molecule has 2 saturated carbocycles. The van der Waals surface area contributed by atoms with Crippen molar-refractivity contribution in [2.24, 2.45) is 0 Å². The maximum Gasteiger partial charge on any atom is 0.125 e. The zero-order valence-electron chi connectivity index (χ0n) is 10.2. The molecule has 2 aromatic rings. The van der Waals surface area contributed by atoms with Crippen LogP contribution < -0.4 is 5.32 Å². The molecule has 4 heteroatoms. The molecule has 4 rings (SSSR count). The Morgan fingerprint density at radius 3 is 2.83 bits per heavy atom. The molecule has 2 fully saturated rings. The Labute approximate surface area is 105 Å². The van der Waals surface area contributed by atoms with Gasteiger partial charge in [0, 0.05) is 12.1 Å². The first-order valence-electron chi connectivity index (χ1n) is 6.71. The van der Waals surface area contributed by atoms with E-state index < -0.39 is 0 Å². The number of nitrogens with zero attached hydrogens (tertiary/aromatic N) is 2. The molecule has 0 aliphatic heterocycles. The molecule has 18 heavy (non-hydrogen) atoms. The van der Waals surface area contributed by atoms with Crippen molar-refractivity contribution in [1.29, 1.82) is 0 Å². The van der Waals surface area contributed by atoms with Crippen molar-refractivity contribution in [3.63, 3.8) is 0 Å². The molecule has 0 saturated heterocycles. The van der Waals surface area contributed by atoms with Crippen molar-refractivity contribution in [2.75, 3.05) is 0 Å². The van der Waals surface area contributed by atoms with Gasteiger partial charge in [0.25, 0.3) is 0 Å². The molecule has 0 amide bonds. The highest BCUT2D eigenvalue weighted by molar-refractivity contribution is 5.76. The normalized spacial score (nSPS) is 19.6. The lowest BCUT2D eigenvalue weighted by molar-refractivity contribution is 0.608. The Morgan fingerprint density at radius 2 is 2.11 bits per heavy atom. The quantitative estimate of drug-likeness (QED) is 0.897. The fraction of sp³-hybridized carbons (Fsp3) is 0.500. The summed E-state index contributed by atoms with van der Waals surface area (Å²) in [5.74, 6) is 0.885. The lowest BCUT2D eigenvalue weighted by Gasteiger charge is -2.08. The highest BCUT2D eigenvalue weighted by Gasteiger charge is 2.29. The zero-order chi connectivity index (χ0) is 12.1. The van der Waals surface area contributed by atoms with Gasteiger partial charge < -0.3 is 9.88 Å². The van der Waals surface area contributed by atoms with Crippen LogP contribution in [0.3, 0.4) is 0 Å². The number of aromatic nitrogens is 2. The van der Waals surface area contributed by atoms with Crippen molar-refractivity contribution in [1.82, 2.24) is 14.9 Å². The fourth-order valence-corrected chi connectivity index (χ4v) is 2.50. The van der Waals surface area contributed by atoms with E-state index in [1.54, 1.807) is 12.1 Å². The monoisotopic (exact) mass is 245 g/mol. The minimum Gasteiger partial charge on any atom is -0.324 e. The van der Waals surface area contributed by atoms with Crippen LogP contribution in [0.4, 0.5) is 4.39 Å². The first-order chi connectivity index (χ1) is 8.81. The minimum absolute atomic E-state index is 0.175. The van der Waals surface area contributed by atoms with Gasteiger partial charge in [-0.3, -0.25) is 0 Å². The molecule has 0 spiro atoms. The number of halogens is 1. The second-order valence-electron chi connectivity index (χ2n) is 5.42. The summed E-state index contributed by atoms with van der Waals surface area (Å²) in [6.07, 6.45) is 4.94. The van der Waals surface area contributed by atoms with Crippen LogP contribution in [0.15, 0.2) is 18.2 Å². The largest absolute Gasteiger partial charge is 0.324 e. The van der Waals surface area contributed by atoms with Crippen LogP contribution in [0.2, 0.25) is 0 Å². The first kappa shape index (κ1) is 10.5. The van der Waals surface area contributed by atoms with Gasteiger partial charge in [0.15, 0.2) is 0 Å². The van der Waals surface area contributed by atoms with Crippen molar-refractivity contribution in [3.05, 3.63) is 29.8 Å². The zero-order valence-corrected chi connectivity index (χ0v) is 10.2. The first-order valence-corrected chi connectivity index (χ1v) is 6.71. The summed E-state index contributed by atoms with van der Waals surface area (Å²) >= 11 is 0. The third kappa shape index (κ3) is 1.81. The molecular formula is C14H16FN3. The summed E-state index contributed by atoms with van der Waals surface area (Å²) in [4.78, 5) is 4.65. The summed E-state index contributed by atoms with van der Waals surface area (Å²) in [6.45, 7) is 0.803. The highest BCUT2D eigenvalue weighted by Crippen LogP contribution is 2.38. The van der Waals surface area contributed by atoms with Gasteiger partial charge in [-0.15, -0.1) is 0 Å². The van der Waals surface area contributed by atoms with Gasteiger partial charge in [-0.1, -0.05) is 0 Å². The van der Waals surface area contributed by atoms with E-state index in [0.29, 0.717) is 12.1 Å². The van der Waals surface area contributed by atoms with E-state index in [4.69, 9.17) is 0 Å². The van der Waals surface area contributed by atoms with Crippen LogP contribution in [-0.2, 0) is 6.54 Å². The van der Waals surface area contributed by atoms with E-state index in [2.05, 4.69) is 14.9 Å². The topological polar surface area (TPSA) is 29.9 Å². The van der Waals surface area contributed by atoms with Crippen molar-refractivity contribution in [2.45, 2.75) is 44.3 Å². The van der Waals surface area contributed by atoms with Crippen molar-refractivity contribution < 1.29 is 4.39 Å². The summed E-state index contributed by atoms with van der Waals surface area (Å²) in [6, 6.07) is 6.10. The summed E-state index contributed by atoms with van der Waals surface area (Å²) < 4.78 is 15.6. The number of fused-ring (bicyclic) bond motifs is 1. The number of rotatable bonds is 4. The van der Waals surface area contributed by atoms with Crippen LogP contribution >= 0.6 is 0 Å². The second kappa shape index (κ2) is 3.79. The van der Waals surface area contributed by atoms with Crippen molar-refractivity contribution in [3.8, 4) is 0 Å². The average molecular weight is 245 g/mol. The molecular weight excluding hydrogens is 229 g/mol. The van der Waals surface area contributed by atoms with E-state index in [-0.39, 0.29) is 5.82 Å². The summed E-state index contributed by atoms with van der Waals surface area (Å²) in [7, 11) is 0. The fourth-order valence-electron chi connectivity index (χ4n) is 2.50. The minimum atomic E-state index is -0.175. The van der Waals surface area contributed by atoms with Gasteiger partial charge in [-0.25, -0.2) is 9.37 Å². The number of hydrogen-bond donors (Lipinski definition) is 1. The van der Waals surface area contributed by atoms with Gasteiger partial charge >= 0.3 is 0 Å². The Hall–Kier alpha value is -1.42. The van der Waals surface area contributed by atoms with Gasteiger partial charge in [-0.05, 0) is 43.9 Å². The van der Waals surface area contributed by atoms with E-state index in [1.807, 2.05) is 0 Å². The van der Waals surface area contributed by atoms with E-state index in [9.17, 15) is 4.39 Å². The molecule has 0 unspecified atom stereocenters. The molecule has 0 bridgehead atoms. The number of hydrogen-bond acceptors (Lipinski definition) is 2. The molecule has 1 aromatic carbocycles.